The van der Waals surface area contributed by atoms with E-state index >= 15 is 0 Å². The molecule has 3 atom stereocenters. The molecule has 248 valence electrons. The Morgan fingerprint density at radius 1 is 1.09 bits per heavy atom. The highest BCUT2D eigenvalue weighted by molar-refractivity contribution is 7.16. The first-order valence-corrected chi connectivity index (χ1v) is 17.2. The smallest absolute Gasteiger partial charge is 0.243 e. The molecule has 2 saturated heterocycles. The van der Waals surface area contributed by atoms with Gasteiger partial charge >= 0.3 is 0 Å². The number of likely N-dealkylation sites (tertiary alicyclic amines) is 1. The zero-order valence-corrected chi connectivity index (χ0v) is 27.5. The minimum atomic E-state index is -0.695. The Bertz CT molecular complexity index is 1590. The van der Waals surface area contributed by atoms with Crippen molar-refractivity contribution in [2.75, 3.05) is 38.2 Å². The van der Waals surface area contributed by atoms with E-state index in [9.17, 15) is 18.8 Å². The topological polar surface area (TPSA) is 113 Å². The lowest BCUT2D eigenvalue weighted by molar-refractivity contribution is -0.140. The second-order valence-electron chi connectivity index (χ2n) is 12.9. The fourth-order valence-electron chi connectivity index (χ4n) is 6.89. The molecule has 9 nitrogen and oxygen atoms in total. The maximum Gasteiger partial charge on any atom is 0.243 e. The van der Waals surface area contributed by atoms with Crippen LogP contribution in [0.1, 0.15) is 42.5 Å². The van der Waals surface area contributed by atoms with Gasteiger partial charge in [-0.2, -0.15) is 0 Å². The molecule has 11 heteroatoms. The summed E-state index contributed by atoms with van der Waals surface area (Å²) in [7, 11) is 0. The number of aromatic nitrogens is 1. The van der Waals surface area contributed by atoms with E-state index < -0.39 is 11.5 Å². The second kappa shape index (κ2) is 14.9. The number of ether oxygens (including phenoxy) is 1. The van der Waals surface area contributed by atoms with Gasteiger partial charge in [0.1, 0.15) is 11.9 Å². The minimum absolute atomic E-state index is 0.0836. The lowest BCUT2D eigenvalue weighted by Crippen LogP contribution is -2.58. The fraction of sp³-hybridized carbons (Fsp3) is 0.444. The molecular weight excluding hydrogens is 617 g/mol. The first-order valence-electron chi connectivity index (χ1n) is 16.4. The number of allylic oxidation sites excluding steroid dienone is 2. The van der Waals surface area contributed by atoms with Crippen LogP contribution < -0.4 is 16.0 Å². The molecule has 0 aliphatic carbocycles. The van der Waals surface area contributed by atoms with Crippen LogP contribution in [-0.4, -0.2) is 72.5 Å². The summed E-state index contributed by atoms with van der Waals surface area (Å²) in [6.45, 7) is 4.48. The highest BCUT2D eigenvalue weighted by Gasteiger charge is 2.41. The first kappa shape index (κ1) is 33.0. The van der Waals surface area contributed by atoms with E-state index in [4.69, 9.17) is 4.74 Å². The van der Waals surface area contributed by atoms with Crippen molar-refractivity contribution in [1.82, 2.24) is 20.5 Å². The van der Waals surface area contributed by atoms with Gasteiger partial charge in [0.05, 0.1) is 17.7 Å². The number of hydrogen-bond acceptors (Lipinski definition) is 7. The molecule has 6 rings (SSSR count). The molecule has 2 aromatic carbocycles. The number of nitrogens with one attached hydrogen (secondary N) is 3. The van der Waals surface area contributed by atoms with Crippen LogP contribution in [0.5, 0.6) is 0 Å². The summed E-state index contributed by atoms with van der Waals surface area (Å²) in [6, 6.07) is 15.2. The lowest BCUT2D eigenvalue weighted by atomic mass is 9.75. The van der Waals surface area contributed by atoms with Crippen molar-refractivity contribution in [1.29, 1.82) is 0 Å². The molecule has 0 saturated carbocycles. The predicted octanol–water partition coefficient (Wildman–Crippen LogP) is 4.88. The number of thiazole rings is 1. The number of carbonyl (C=O) groups is 3. The molecule has 3 aromatic rings. The van der Waals surface area contributed by atoms with Gasteiger partial charge in [-0.1, -0.05) is 42.5 Å². The average molecular weight is 660 g/mol. The van der Waals surface area contributed by atoms with Crippen LogP contribution in [0.15, 0.2) is 66.7 Å². The van der Waals surface area contributed by atoms with E-state index in [2.05, 4.69) is 38.0 Å². The number of carbonyl (C=O) groups excluding carboxylic acids is 3. The Morgan fingerprint density at radius 3 is 2.62 bits per heavy atom. The van der Waals surface area contributed by atoms with Gasteiger partial charge in [0.2, 0.25) is 17.7 Å². The Morgan fingerprint density at radius 2 is 1.85 bits per heavy atom. The van der Waals surface area contributed by atoms with Crippen LogP contribution in [-0.2, 0) is 25.5 Å². The van der Waals surface area contributed by atoms with Crippen LogP contribution in [0, 0.1) is 24.1 Å². The van der Waals surface area contributed by atoms with Gasteiger partial charge in [-0.3, -0.25) is 19.3 Å². The summed E-state index contributed by atoms with van der Waals surface area (Å²) in [6.07, 6.45) is 7.90. The van der Waals surface area contributed by atoms with Crippen molar-refractivity contribution >= 4 is 34.2 Å². The first-order chi connectivity index (χ1) is 22.8. The number of benzene rings is 2. The molecule has 3 aliphatic rings. The molecule has 1 spiro atoms. The SMILES string of the molecule is Cc1sc(NC(=O)CN2CC[C@@H]3NC(=O)[C@@H](Cc4ccccc4)NC(=O)C4(C/C=C/C[C@@H]3C2)CCOCC4)nc1-c1ccc(F)cc1. The molecule has 0 unspecified atom stereocenters. The van der Waals surface area contributed by atoms with Crippen molar-refractivity contribution in [2.45, 2.75) is 57.5 Å². The molecular formula is C36H42FN5O4S. The third kappa shape index (κ3) is 8.14. The van der Waals surface area contributed by atoms with Crippen molar-refractivity contribution < 1.29 is 23.5 Å². The largest absolute Gasteiger partial charge is 0.381 e. The van der Waals surface area contributed by atoms with E-state index in [0.717, 1.165) is 28.1 Å². The van der Waals surface area contributed by atoms with Crippen LogP contribution in [0.4, 0.5) is 9.52 Å². The number of anilines is 1. The highest BCUT2D eigenvalue weighted by Crippen LogP contribution is 2.36. The van der Waals surface area contributed by atoms with Gasteiger partial charge in [0.25, 0.3) is 0 Å². The monoisotopic (exact) mass is 659 g/mol. The van der Waals surface area contributed by atoms with Crippen molar-refractivity contribution in [3.63, 3.8) is 0 Å². The maximum absolute atomic E-state index is 13.8. The van der Waals surface area contributed by atoms with Crippen LogP contribution in [0.25, 0.3) is 11.3 Å². The average Bonchev–Trinajstić information content (AvgIpc) is 3.43. The molecule has 47 heavy (non-hydrogen) atoms. The number of fused-ring (bicyclic) bond motifs is 1. The zero-order valence-electron chi connectivity index (χ0n) is 26.7. The Kier molecular flexibility index (Phi) is 10.4. The summed E-state index contributed by atoms with van der Waals surface area (Å²) in [5.74, 6) is -0.617. The third-order valence-electron chi connectivity index (χ3n) is 9.62. The van der Waals surface area contributed by atoms with E-state index in [-0.39, 0.29) is 42.0 Å². The van der Waals surface area contributed by atoms with E-state index in [1.807, 2.05) is 37.3 Å². The number of aryl methyl sites for hydroxylation is 1. The van der Waals surface area contributed by atoms with Gasteiger partial charge < -0.3 is 20.7 Å². The lowest BCUT2D eigenvalue weighted by Gasteiger charge is -2.40. The van der Waals surface area contributed by atoms with Gasteiger partial charge in [-0.15, -0.1) is 11.3 Å². The van der Waals surface area contributed by atoms with Gasteiger partial charge in [-0.05, 0) is 74.8 Å². The van der Waals surface area contributed by atoms with Crippen LogP contribution in [0.2, 0.25) is 0 Å². The fourth-order valence-corrected chi connectivity index (χ4v) is 7.74. The molecule has 4 heterocycles. The summed E-state index contributed by atoms with van der Waals surface area (Å²) >= 11 is 1.40. The summed E-state index contributed by atoms with van der Waals surface area (Å²) in [4.78, 5) is 48.4. The number of piperidine rings is 1. The van der Waals surface area contributed by atoms with Crippen LogP contribution in [0.3, 0.4) is 0 Å². The maximum atomic E-state index is 13.8. The van der Waals surface area contributed by atoms with Crippen molar-refractivity contribution in [3.05, 3.63) is 83.0 Å². The summed E-state index contributed by atoms with van der Waals surface area (Å²) in [5, 5.41) is 9.89. The molecule has 3 aliphatic heterocycles. The quantitative estimate of drug-likeness (QED) is 0.326. The second-order valence-corrected chi connectivity index (χ2v) is 14.1. The Hall–Kier alpha value is -3.93. The number of nitrogens with zero attached hydrogens (tertiary/aromatic N) is 2. The summed E-state index contributed by atoms with van der Waals surface area (Å²) in [5.41, 5.74) is 1.91. The van der Waals surface area contributed by atoms with Crippen molar-refractivity contribution in [3.8, 4) is 11.3 Å². The summed E-state index contributed by atoms with van der Waals surface area (Å²) < 4.78 is 19.0. The molecule has 1 aromatic heterocycles. The molecule has 0 radical (unpaired) electrons. The predicted molar refractivity (Wildman–Crippen MR) is 180 cm³/mol. The van der Waals surface area contributed by atoms with Crippen LogP contribution >= 0.6 is 11.3 Å². The normalized spacial score (nSPS) is 24.3. The third-order valence-corrected chi connectivity index (χ3v) is 10.5. The Balaban J connectivity index is 1.14. The standard InChI is InChI=1S/C36H42FN5O4S/c1-24-32(26-10-12-28(37)13-11-26)41-35(47-24)40-31(43)23-42-18-14-29-27(22-42)9-5-6-15-36(16-19-46-20-17-36)34(45)39-30(33(44)38-29)21-25-7-3-2-4-8-25/h2-8,10-13,27,29-30H,9,14-23H2,1H3,(H,38,44)(H,39,45)(H,40,41,43)/b6-5+/t27-,29+,30-/m1/s1. The molecule has 2 fully saturated rings. The van der Waals surface area contributed by atoms with E-state index in [1.165, 1.54) is 23.5 Å². The van der Waals surface area contributed by atoms with Crippen molar-refractivity contribution in [2.24, 2.45) is 11.3 Å². The number of rotatable bonds is 6. The number of halogens is 1. The molecule has 3 amide bonds. The minimum Gasteiger partial charge on any atom is -0.381 e. The van der Waals surface area contributed by atoms with E-state index in [1.54, 1.807) is 12.1 Å². The number of hydrogen-bond donors (Lipinski definition) is 3. The van der Waals surface area contributed by atoms with E-state index in [0.29, 0.717) is 63.5 Å². The molecule has 3 N–H and O–H groups in total. The molecule has 0 bridgehead atoms. The van der Waals surface area contributed by atoms with Gasteiger partial charge in [0.15, 0.2) is 5.13 Å². The zero-order chi connectivity index (χ0) is 32.8. The van der Waals surface area contributed by atoms with Gasteiger partial charge in [-0.25, -0.2) is 9.37 Å². The number of amides is 3. The highest BCUT2D eigenvalue weighted by atomic mass is 32.1. The van der Waals surface area contributed by atoms with Gasteiger partial charge in [0, 0.05) is 49.2 Å². The Labute approximate surface area is 279 Å².